The van der Waals surface area contributed by atoms with Crippen molar-refractivity contribution in [3.8, 4) is 0 Å². The Morgan fingerprint density at radius 3 is 2.64 bits per heavy atom. The molecule has 1 aliphatic heterocycles. The van der Waals surface area contributed by atoms with E-state index in [9.17, 15) is 15.0 Å². The van der Waals surface area contributed by atoms with Crippen LogP contribution in [0.15, 0.2) is 30.3 Å². The molecule has 122 valence electrons. The highest BCUT2D eigenvalue weighted by molar-refractivity contribution is 5.65. The van der Waals surface area contributed by atoms with E-state index in [1.807, 2.05) is 30.3 Å². The van der Waals surface area contributed by atoms with Crippen LogP contribution in [0.5, 0.6) is 0 Å². The molecule has 1 fully saturated rings. The summed E-state index contributed by atoms with van der Waals surface area (Å²) in [5.74, 6) is 0. The van der Waals surface area contributed by atoms with Crippen LogP contribution in [-0.4, -0.2) is 58.7 Å². The van der Waals surface area contributed by atoms with Gasteiger partial charge in [0.25, 0.3) is 0 Å². The van der Waals surface area contributed by atoms with Gasteiger partial charge in [0.1, 0.15) is 6.10 Å². The molecule has 1 amide bonds. The van der Waals surface area contributed by atoms with E-state index in [2.05, 4.69) is 0 Å². The Bertz CT molecular complexity index is 485. The number of morpholine rings is 1. The van der Waals surface area contributed by atoms with Gasteiger partial charge >= 0.3 is 6.09 Å². The molecule has 0 aromatic heterocycles. The number of ether oxygens (including phenoxy) is 2. The van der Waals surface area contributed by atoms with E-state index in [0.29, 0.717) is 6.61 Å². The third-order valence-electron chi connectivity index (χ3n) is 3.64. The zero-order valence-electron chi connectivity index (χ0n) is 12.9. The summed E-state index contributed by atoms with van der Waals surface area (Å²) >= 11 is 0. The van der Waals surface area contributed by atoms with Crippen molar-refractivity contribution in [1.29, 1.82) is 0 Å². The summed E-state index contributed by atoms with van der Waals surface area (Å²) in [6, 6.07) is 9.74. The predicted molar refractivity (Wildman–Crippen MR) is 80.7 cm³/mol. The lowest BCUT2D eigenvalue weighted by molar-refractivity contribution is -0.170. The molecule has 1 saturated heterocycles. The second kappa shape index (κ2) is 7.09. The second-order valence-corrected chi connectivity index (χ2v) is 6.09. The van der Waals surface area contributed by atoms with E-state index in [0.717, 1.165) is 5.56 Å². The molecule has 6 heteroatoms. The molecule has 0 spiro atoms. The molecule has 2 N–H and O–H groups in total. The van der Waals surface area contributed by atoms with Gasteiger partial charge in [0.15, 0.2) is 0 Å². The molecule has 0 aliphatic carbocycles. The van der Waals surface area contributed by atoms with Crippen LogP contribution in [0.25, 0.3) is 0 Å². The number of nitrogens with zero attached hydrogens (tertiary/aromatic N) is 1. The first-order chi connectivity index (χ1) is 10.4. The fraction of sp³-hybridized carbons (Fsp3) is 0.562. The van der Waals surface area contributed by atoms with E-state index in [-0.39, 0.29) is 25.8 Å². The van der Waals surface area contributed by atoms with Gasteiger partial charge in [-0.3, -0.25) is 0 Å². The summed E-state index contributed by atoms with van der Waals surface area (Å²) in [7, 11) is 0. The first kappa shape index (κ1) is 16.7. The van der Waals surface area contributed by atoms with E-state index in [4.69, 9.17) is 9.47 Å². The Labute approximate surface area is 130 Å². The van der Waals surface area contributed by atoms with Crippen LogP contribution >= 0.6 is 0 Å². The van der Waals surface area contributed by atoms with Crippen LogP contribution in [0.2, 0.25) is 0 Å². The van der Waals surface area contributed by atoms with E-state index < -0.39 is 17.8 Å². The molecule has 1 aromatic rings. The molecule has 2 atom stereocenters. The Morgan fingerprint density at radius 2 is 2.05 bits per heavy atom. The lowest BCUT2D eigenvalue weighted by atomic mass is 9.99. The van der Waals surface area contributed by atoms with Crippen LogP contribution in [0.4, 0.5) is 4.79 Å². The standard InChI is InChI=1S/C16H23NO5/c1-16(2,20)14-9-17(15(18)19)8-13(22-14)11-21-10-12-6-4-3-5-7-12/h3-7,13-14,20H,8-11H2,1-2H3,(H,18,19)/t13-,14+/m1/s1. The van der Waals surface area contributed by atoms with Gasteiger partial charge in [-0.15, -0.1) is 0 Å². The van der Waals surface area contributed by atoms with Crippen LogP contribution in [0.3, 0.4) is 0 Å². The van der Waals surface area contributed by atoms with Crippen molar-refractivity contribution in [2.75, 3.05) is 19.7 Å². The van der Waals surface area contributed by atoms with Gasteiger partial charge in [-0.1, -0.05) is 30.3 Å². The number of carboxylic acid groups (broad SMARTS) is 1. The topological polar surface area (TPSA) is 79.2 Å². The Morgan fingerprint density at radius 1 is 1.36 bits per heavy atom. The van der Waals surface area contributed by atoms with Gasteiger partial charge in [0.05, 0.1) is 38.0 Å². The fourth-order valence-corrected chi connectivity index (χ4v) is 2.36. The molecule has 0 radical (unpaired) electrons. The molecule has 0 saturated carbocycles. The highest BCUT2D eigenvalue weighted by Crippen LogP contribution is 2.21. The number of carbonyl (C=O) groups is 1. The van der Waals surface area contributed by atoms with Crippen molar-refractivity contribution in [2.45, 2.75) is 38.3 Å². The van der Waals surface area contributed by atoms with Crippen LogP contribution in [0, 0.1) is 0 Å². The molecule has 1 heterocycles. The summed E-state index contributed by atoms with van der Waals surface area (Å²) < 4.78 is 11.4. The average Bonchev–Trinajstić information content (AvgIpc) is 2.47. The molecule has 0 unspecified atom stereocenters. The van der Waals surface area contributed by atoms with E-state index in [1.54, 1.807) is 13.8 Å². The lowest BCUT2D eigenvalue weighted by Gasteiger charge is -2.41. The lowest BCUT2D eigenvalue weighted by Crippen LogP contribution is -2.57. The third-order valence-corrected chi connectivity index (χ3v) is 3.64. The third kappa shape index (κ3) is 4.69. The maximum Gasteiger partial charge on any atom is 0.407 e. The van der Waals surface area contributed by atoms with Crippen molar-refractivity contribution in [3.05, 3.63) is 35.9 Å². The van der Waals surface area contributed by atoms with Gasteiger partial charge < -0.3 is 24.6 Å². The van der Waals surface area contributed by atoms with Gasteiger partial charge in [0.2, 0.25) is 0 Å². The minimum Gasteiger partial charge on any atom is -0.465 e. The number of aliphatic hydroxyl groups is 1. The quantitative estimate of drug-likeness (QED) is 0.866. The molecule has 0 bridgehead atoms. The molecule has 2 rings (SSSR count). The van der Waals surface area contributed by atoms with Gasteiger partial charge in [0, 0.05) is 0 Å². The highest BCUT2D eigenvalue weighted by Gasteiger charge is 2.38. The normalized spacial score (nSPS) is 22.6. The molecule has 1 aromatic carbocycles. The minimum absolute atomic E-state index is 0.161. The molecule has 6 nitrogen and oxygen atoms in total. The monoisotopic (exact) mass is 309 g/mol. The Balaban J connectivity index is 1.90. The van der Waals surface area contributed by atoms with Crippen LogP contribution < -0.4 is 0 Å². The largest absolute Gasteiger partial charge is 0.465 e. The van der Waals surface area contributed by atoms with Crippen molar-refractivity contribution >= 4 is 6.09 Å². The van der Waals surface area contributed by atoms with Crippen molar-refractivity contribution in [1.82, 2.24) is 4.90 Å². The van der Waals surface area contributed by atoms with E-state index in [1.165, 1.54) is 4.90 Å². The maximum absolute atomic E-state index is 11.2. The van der Waals surface area contributed by atoms with Crippen molar-refractivity contribution in [3.63, 3.8) is 0 Å². The average molecular weight is 309 g/mol. The van der Waals surface area contributed by atoms with Crippen LogP contribution in [-0.2, 0) is 16.1 Å². The van der Waals surface area contributed by atoms with Gasteiger partial charge in [-0.2, -0.15) is 0 Å². The molecular weight excluding hydrogens is 286 g/mol. The van der Waals surface area contributed by atoms with E-state index >= 15 is 0 Å². The predicted octanol–water partition coefficient (Wildman–Crippen LogP) is 1.72. The minimum atomic E-state index is -1.11. The van der Waals surface area contributed by atoms with Crippen molar-refractivity contribution < 1.29 is 24.5 Å². The zero-order valence-corrected chi connectivity index (χ0v) is 12.9. The molecule has 22 heavy (non-hydrogen) atoms. The van der Waals surface area contributed by atoms with Crippen molar-refractivity contribution in [2.24, 2.45) is 0 Å². The summed E-state index contributed by atoms with van der Waals surface area (Å²) in [5.41, 5.74) is -0.0568. The number of benzene rings is 1. The first-order valence-electron chi connectivity index (χ1n) is 7.33. The maximum atomic E-state index is 11.2. The summed E-state index contributed by atoms with van der Waals surface area (Å²) in [5, 5.41) is 19.3. The molecular formula is C16H23NO5. The first-order valence-corrected chi connectivity index (χ1v) is 7.33. The Hall–Kier alpha value is -1.63. The summed E-state index contributed by atoms with van der Waals surface area (Å²) in [6.45, 7) is 4.37. The number of hydrogen-bond acceptors (Lipinski definition) is 4. The smallest absolute Gasteiger partial charge is 0.407 e. The van der Waals surface area contributed by atoms with Gasteiger partial charge in [-0.25, -0.2) is 4.79 Å². The SMILES string of the molecule is CC(C)(O)[C@@H]1CN(C(=O)O)C[C@H](COCc2ccccc2)O1. The number of hydrogen-bond donors (Lipinski definition) is 2. The number of amides is 1. The zero-order chi connectivity index (χ0) is 16.2. The highest BCUT2D eigenvalue weighted by atomic mass is 16.6. The van der Waals surface area contributed by atoms with Gasteiger partial charge in [-0.05, 0) is 19.4 Å². The van der Waals surface area contributed by atoms with Crippen LogP contribution in [0.1, 0.15) is 19.4 Å². The Kier molecular flexibility index (Phi) is 5.39. The number of rotatable bonds is 5. The summed E-state index contributed by atoms with van der Waals surface area (Å²) in [6.07, 6.45) is -1.96. The fourth-order valence-electron chi connectivity index (χ4n) is 2.36. The second-order valence-electron chi connectivity index (χ2n) is 6.09. The summed E-state index contributed by atoms with van der Waals surface area (Å²) in [4.78, 5) is 12.5. The molecule has 1 aliphatic rings.